The molecule has 0 spiro atoms. The van der Waals surface area contributed by atoms with Gasteiger partial charge in [0, 0.05) is 12.8 Å². The maximum atomic E-state index is 13.5. The van der Waals surface area contributed by atoms with Crippen LogP contribution in [0, 0.1) is 0 Å². The Hall–Kier alpha value is -5.43. The molecule has 0 aliphatic rings. The first-order chi connectivity index (χ1) is 20.9. The van der Waals surface area contributed by atoms with Crippen LogP contribution in [0.1, 0.15) is 23.1 Å². The maximum Gasteiger partial charge on any atom is 0.326 e. The number of hydrogen-bond donors (Lipinski definition) is 8. The normalized spacial score (nSPS) is 13.5. The average Bonchev–Trinajstić information content (AvgIpc) is 2.98. The fraction of sp³-hybridized carbons (Fsp3) is 0.258. The van der Waals surface area contributed by atoms with Crippen LogP contribution in [0.2, 0.25) is 0 Å². The Labute approximate surface area is 253 Å². The molecule has 4 unspecified atom stereocenters. The van der Waals surface area contributed by atoms with Gasteiger partial charge in [0.05, 0.1) is 12.5 Å². The number of carbonyl (C=O) groups excluding carboxylic acids is 4. The van der Waals surface area contributed by atoms with Crippen molar-refractivity contribution in [3.63, 3.8) is 0 Å². The summed E-state index contributed by atoms with van der Waals surface area (Å²) in [4.78, 5) is 63.4. The second-order valence-electron chi connectivity index (χ2n) is 10.2. The lowest BCUT2D eigenvalue weighted by Gasteiger charge is -2.25. The van der Waals surface area contributed by atoms with E-state index in [-0.39, 0.29) is 30.8 Å². The second kappa shape index (κ2) is 15.7. The van der Waals surface area contributed by atoms with Gasteiger partial charge in [0.2, 0.25) is 23.6 Å². The zero-order valence-corrected chi connectivity index (χ0v) is 23.7. The van der Waals surface area contributed by atoms with Crippen molar-refractivity contribution in [2.75, 3.05) is 0 Å². The molecule has 44 heavy (non-hydrogen) atoms. The monoisotopic (exact) mass is 605 g/mol. The van der Waals surface area contributed by atoms with Crippen LogP contribution >= 0.6 is 0 Å². The smallest absolute Gasteiger partial charge is 0.326 e. The van der Waals surface area contributed by atoms with E-state index in [1.807, 2.05) is 0 Å². The maximum absolute atomic E-state index is 13.5. The van der Waals surface area contributed by atoms with E-state index in [4.69, 9.17) is 11.5 Å². The molecule has 0 heterocycles. The van der Waals surface area contributed by atoms with Crippen molar-refractivity contribution >= 4 is 29.6 Å². The van der Waals surface area contributed by atoms with Gasteiger partial charge in [-0.15, -0.1) is 0 Å². The molecule has 0 saturated heterocycles. The number of carboxylic acids is 1. The highest BCUT2D eigenvalue weighted by atomic mass is 16.4. The van der Waals surface area contributed by atoms with Crippen molar-refractivity contribution < 1.29 is 39.3 Å². The summed E-state index contributed by atoms with van der Waals surface area (Å²) in [6.45, 7) is 0. The minimum Gasteiger partial charge on any atom is -0.508 e. The standard InChI is InChI=1S/C31H35N5O8/c32-23(14-19-6-10-21(37)11-7-19)28(40)34-24(15-20-8-12-22(38)13-9-20)29(41)35-25(17-27(33)39)30(42)36-26(31(43)44)16-18-4-2-1-3-5-18/h1-13,23-26,37-38H,14-17,32H2,(H2,33,39)(H,34,40)(H,35,41)(H,36,42)(H,43,44). The van der Waals surface area contributed by atoms with Gasteiger partial charge in [-0.2, -0.15) is 0 Å². The summed E-state index contributed by atoms with van der Waals surface area (Å²) in [5, 5.41) is 36.1. The molecule has 4 amide bonds. The number of nitrogens with two attached hydrogens (primary N) is 2. The Morgan fingerprint density at radius 1 is 0.591 bits per heavy atom. The highest BCUT2D eigenvalue weighted by Crippen LogP contribution is 2.14. The Balaban J connectivity index is 1.78. The quantitative estimate of drug-likeness (QED) is 0.115. The van der Waals surface area contributed by atoms with Gasteiger partial charge >= 0.3 is 5.97 Å². The fourth-order valence-electron chi connectivity index (χ4n) is 4.34. The van der Waals surface area contributed by atoms with Crippen LogP contribution in [0.3, 0.4) is 0 Å². The minimum atomic E-state index is -1.55. The Morgan fingerprint density at radius 3 is 1.55 bits per heavy atom. The van der Waals surface area contributed by atoms with E-state index in [1.165, 1.54) is 36.4 Å². The number of primary amides is 1. The number of hydrogen-bond acceptors (Lipinski definition) is 8. The third kappa shape index (κ3) is 10.4. The van der Waals surface area contributed by atoms with Crippen LogP contribution in [-0.2, 0) is 43.2 Å². The van der Waals surface area contributed by atoms with Gasteiger partial charge in [-0.25, -0.2) is 4.79 Å². The number of nitrogens with one attached hydrogen (secondary N) is 3. The number of carboxylic acid groups (broad SMARTS) is 1. The van der Waals surface area contributed by atoms with Crippen molar-refractivity contribution in [1.29, 1.82) is 0 Å². The molecule has 0 radical (unpaired) electrons. The van der Waals surface area contributed by atoms with Gasteiger partial charge in [0.25, 0.3) is 0 Å². The van der Waals surface area contributed by atoms with E-state index in [2.05, 4.69) is 16.0 Å². The molecule has 0 fully saturated rings. The molecule has 3 aromatic rings. The van der Waals surface area contributed by atoms with E-state index in [0.717, 1.165) is 0 Å². The predicted octanol–water partition coefficient (Wildman–Crippen LogP) is -0.133. The lowest BCUT2D eigenvalue weighted by molar-refractivity contribution is -0.142. The molecule has 13 heteroatoms. The lowest BCUT2D eigenvalue weighted by Crippen LogP contribution is -2.58. The first kappa shape index (κ1) is 33.1. The number of phenols is 2. The van der Waals surface area contributed by atoms with E-state index >= 15 is 0 Å². The molecular formula is C31H35N5O8. The number of aliphatic carboxylic acids is 1. The summed E-state index contributed by atoms with van der Waals surface area (Å²) >= 11 is 0. The number of phenolic OH excluding ortho intramolecular Hbond substituents is 2. The number of benzene rings is 3. The molecule has 4 atom stereocenters. The van der Waals surface area contributed by atoms with Gasteiger partial charge in [-0.05, 0) is 47.4 Å². The van der Waals surface area contributed by atoms with Gasteiger partial charge in [0.15, 0.2) is 0 Å². The number of amides is 4. The third-order valence-corrected chi connectivity index (χ3v) is 6.67. The number of aromatic hydroxyl groups is 2. The van der Waals surface area contributed by atoms with E-state index in [1.54, 1.807) is 42.5 Å². The average molecular weight is 606 g/mol. The largest absolute Gasteiger partial charge is 0.508 e. The summed E-state index contributed by atoms with van der Waals surface area (Å²) in [6.07, 6.45) is -0.697. The molecule has 3 rings (SSSR count). The second-order valence-corrected chi connectivity index (χ2v) is 10.2. The molecule has 232 valence electrons. The first-order valence-corrected chi connectivity index (χ1v) is 13.7. The molecule has 0 bridgehead atoms. The van der Waals surface area contributed by atoms with Crippen LogP contribution in [0.5, 0.6) is 11.5 Å². The van der Waals surface area contributed by atoms with E-state index in [0.29, 0.717) is 16.7 Å². The third-order valence-electron chi connectivity index (χ3n) is 6.67. The van der Waals surface area contributed by atoms with Crippen molar-refractivity contribution in [1.82, 2.24) is 16.0 Å². The van der Waals surface area contributed by atoms with Crippen LogP contribution < -0.4 is 27.4 Å². The molecular weight excluding hydrogens is 570 g/mol. The molecule has 13 nitrogen and oxygen atoms in total. The summed E-state index contributed by atoms with van der Waals surface area (Å²) in [7, 11) is 0. The van der Waals surface area contributed by atoms with Crippen LogP contribution in [0.25, 0.3) is 0 Å². The molecule has 10 N–H and O–H groups in total. The summed E-state index contributed by atoms with van der Waals surface area (Å²) < 4.78 is 0. The minimum absolute atomic E-state index is 0.0172. The zero-order chi connectivity index (χ0) is 32.2. The topological polar surface area (TPSA) is 234 Å². The summed E-state index contributed by atoms with van der Waals surface area (Å²) in [6, 6.07) is 15.2. The molecule has 3 aromatic carbocycles. The van der Waals surface area contributed by atoms with Crippen molar-refractivity contribution in [3.8, 4) is 11.5 Å². The van der Waals surface area contributed by atoms with Gasteiger partial charge in [-0.1, -0.05) is 54.6 Å². The van der Waals surface area contributed by atoms with Gasteiger partial charge in [-0.3, -0.25) is 19.2 Å². The molecule has 0 aliphatic heterocycles. The Bertz CT molecular complexity index is 1450. The molecule has 0 saturated carbocycles. The number of carbonyl (C=O) groups is 5. The van der Waals surface area contributed by atoms with Crippen molar-refractivity contribution in [3.05, 3.63) is 95.6 Å². The first-order valence-electron chi connectivity index (χ1n) is 13.7. The van der Waals surface area contributed by atoms with Crippen LogP contribution in [0.15, 0.2) is 78.9 Å². The van der Waals surface area contributed by atoms with Crippen molar-refractivity contribution in [2.45, 2.75) is 49.9 Å². The molecule has 0 aliphatic carbocycles. The summed E-state index contributed by atoms with van der Waals surface area (Å²) in [5.74, 6) is -4.75. The Morgan fingerprint density at radius 2 is 1.02 bits per heavy atom. The SMILES string of the molecule is NC(=O)CC(NC(=O)C(Cc1ccc(O)cc1)NC(=O)C(N)Cc1ccc(O)cc1)C(=O)NC(Cc1ccccc1)C(=O)O. The zero-order valence-electron chi connectivity index (χ0n) is 23.7. The van der Waals surface area contributed by atoms with Crippen molar-refractivity contribution in [2.24, 2.45) is 11.5 Å². The highest BCUT2D eigenvalue weighted by molar-refractivity contribution is 5.96. The fourth-order valence-corrected chi connectivity index (χ4v) is 4.34. The van der Waals surface area contributed by atoms with Crippen LogP contribution in [-0.4, -0.2) is 69.1 Å². The van der Waals surface area contributed by atoms with Crippen LogP contribution in [0.4, 0.5) is 0 Å². The van der Waals surface area contributed by atoms with Gasteiger partial charge in [0.1, 0.15) is 29.6 Å². The van der Waals surface area contributed by atoms with E-state index in [9.17, 15) is 39.3 Å². The van der Waals surface area contributed by atoms with E-state index < -0.39 is 60.2 Å². The number of rotatable bonds is 15. The summed E-state index contributed by atoms with van der Waals surface area (Å²) in [5.41, 5.74) is 13.3. The molecule has 0 aromatic heterocycles. The Kier molecular flexibility index (Phi) is 11.8. The van der Waals surface area contributed by atoms with Gasteiger partial charge < -0.3 is 42.7 Å². The predicted molar refractivity (Wildman–Crippen MR) is 159 cm³/mol. The highest BCUT2D eigenvalue weighted by Gasteiger charge is 2.31. The lowest BCUT2D eigenvalue weighted by atomic mass is 10.0.